The van der Waals surface area contributed by atoms with Gasteiger partial charge in [-0.25, -0.2) is 4.98 Å². The monoisotopic (exact) mass is 1300 g/mol. The zero-order valence-electron chi connectivity index (χ0n) is 54.5. The summed E-state index contributed by atoms with van der Waals surface area (Å²) < 4.78 is 9.25. The predicted molar refractivity (Wildman–Crippen MR) is 411 cm³/mol. The van der Waals surface area contributed by atoms with Crippen LogP contribution >= 0.6 is 0 Å². The van der Waals surface area contributed by atoms with Crippen molar-refractivity contribution in [1.29, 1.82) is 21.0 Å². The molecule has 19 rings (SSSR count). The van der Waals surface area contributed by atoms with Crippen LogP contribution < -0.4 is 0 Å². The fourth-order valence-electron chi connectivity index (χ4n) is 15.6. The Bertz CT molecular complexity index is 6740. The van der Waals surface area contributed by atoms with Gasteiger partial charge in [-0.2, -0.15) is 21.0 Å². The normalized spacial score (nSPS) is 11.5. The highest BCUT2D eigenvalue weighted by Crippen LogP contribution is 2.52. The third-order valence-corrected chi connectivity index (χ3v) is 20.1. The van der Waals surface area contributed by atoms with Crippen LogP contribution in [0.2, 0.25) is 0 Å². The minimum atomic E-state index is 0.529. The van der Waals surface area contributed by atoms with Gasteiger partial charge in [0.2, 0.25) is 0 Å². The molecule has 6 aromatic heterocycles. The summed E-state index contributed by atoms with van der Waals surface area (Å²) in [6.45, 7) is 0. The van der Waals surface area contributed by atoms with Gasteiger partial charge in [-0.1, -0.05) is 164 Å². The van der Waals surface area contributed by atoms with Gasteiger partial charge in [0.15, 0.2) is 5.82 Å². The highest BCUT2D eigenvalue weighted by Gasteiger charge is 2.32. The molecule has 0 fully saturated rings. The highest BCUT2D eigenvalue weighted by atomic mass is 15.1. The third-order valence-electron chi connectivity index (χ3n) is 20.1. The van der Waals surface area contributed by atoms with Gasteiger partial charge in [-0.05, 0) is 179 Å². The van der Waals surface area contributed by atoms with Crippen LogP contribution in [0, 0.1) is 45.3 Å². The van der Waals surface area contributed by atoms with E-state index in [-0.39, 0.29) is 0 Å². The molecule has 0 unspecified atom stereocenters. The fourth-order valence-corrected chi connectivity index (χ4v) is 15.6. The second-order valence-electron chi connectivity index (χ2n) is 25.7. The zero-order valence-corrected chi connectivity index (χ0v) is 54.5. The van der Waals surface area contributed by atoms with Gasteiger partial charge in [0.25, 0.3) is 0 Å². The Labute approximate surface area is 585 Å². The molecule has 0 atom stereocenters. The number of hydrogen-bond acceptors (Lipinski definition) is 6. The summed E-state index contributed by atoms with van der Waals surface area (Å²) in [6.07, 6.45) is 1.86. The van der Waals surface area contributed by atoms with Crippen molar-refractivity contribution in [2.75, 3.05) is 0 Å². The molecule has 0 N–H and O–H groups in total. The first-order valence-electron chi connectivity index (χ1n) is 33.7. The Morgan fingerprint density at radius 3 is 1.10 bits per heavy atom. The second-order valence-corrected chi connectivity index (χ2v) is 25.7. The average Bonchev–Trinajstić information content (AvgIpc) is 1.73. The summed E-state index contributed by atoms with van der Waals surface area (Å²) in [4.78, 5) is 11.5. The Hall–Kier alpha value is -14.7. The number of para-hydroxylation sites is 2. The van der Waals surface area contributed by atoms with E-state index in [9.17, 15) is 21.0 Å². The van der Waals surface area contributed by atoms with E-state index < -0.39 is 0 Å². The number of fused-ring (bicyclic) bond motifs is 12. The molecule has 0 radical (unpaired) electrons. The van der Waals surface area contributed by atoms with E-state index in [4.69, 9.17) is 9.97 Å². The lowest BCUT2D eigenvalue weighted by Crippen LogP contribution is -2.11. The van der Waals surface area contributed by atoms with Gasteiger partial charge in [0, 0.05) is 82.9 Å². The smallest absolute Gasteiger partial charge is 0.163 e. The largest absolute Gasteiger partial charge is 0.309 e. The average molecular weight is 1300 g/mol. The maximum Gasteiger partial charge on any atom is 0.163 e. The first kappa shape index (κ1) is 58.7. The van der Waals surface area contributed by atoms with E-state index in [0.717, 1.165) is 166 Å². The van der Waals surface area contributed by atoms with Crippen LogP contribution in [0.3, 0.4) is 0 Å². The lowest BCUT2D eigenvalue weighted by Gasteiger charge is -2.26. The Kier molecular flexibility index (Phi) is 13.5. The molecule has 10 nitrogen and oxygen atoms in total. The maximum atomic E-state index is 10.2. The molecule has 19 aromatic rings. The maximum absolute atomic E-state index is 10.2. The van der Waals surface area contributed by atoms with Crippen LogP contribution in [-0.2, 0) is 0 Å². The Morgan fingerprint density at radius 2 is 0.627 bits per heavy atom. The molecular weight excluding hydrogens is 1250 g/mol. The van der Waals surface area contributed by atoms with Crippen LogP contribution in [-0.4, -0.2) is 28.2 Å². The molecule has 0 bridgehead atoms. The van der Waals surface area contributed by atoms with E-state index in [1.54, 1.807) is 0 Å². The molecule has 470 valence electrons. The van der Waals surface area contributed by atoms with Crippen molar-refractivity contribution in [2.45, 2.75) is 0 Å². The van der Waals surface area contributed by atoms with Crippen molar-refractivity contribution < 1.29 is 0 Å². The van der Waals surface area contributed by atoms with Gasteiger partial charge in [0.1, 0.15) is 0 Å². The van der Waals surface area contributed by atoms with Gasteiger partial charge in [-0.15, -0.1) is 0 Å². The van der Waals surface area contributed by atoms with Gasteiger partial charge in [0.05, 0.1) is 108 Å². The van der Waals surface area contributed by atoms with E-state index in [0.29, 0.717) is 33.8 Å². The fraction of sp³-hybridized carbons (Fsp3) is 0. The number of benzene rings is 13. The third kappa shape index (κ3) is 9.23. The number of pyridine rings is 2. The summed E-state index contributed by atoms with van der Waals surface area (Å²) in [5, 5.41) is 48.6. The predicted octanol–water partition coefficient (Wildman–Crippen LogP) is 22.4. The van der Waals surface area contributed by atoms with Crippen molar-refractivity contribution in [3.63, 3.8) is 0 Å². The molecule has 102 heavy (non-hydrogen) atoms. The van der Waals surface area contributed by atoms with E-state index in [1.807, 2.05) is 91.1 Å². The molecule has 0 spiro atoms. The van der Waals surface area contributed by atoms with Gasteiger partial charge >= 0.3 is 0 Å². The van der Waals surface area contributed by atoms with Crippen LogP contribution in [0.5, 0.6) is 0 Å². The van der Waals surface area contributed by atoms with Crippen molar-refractivity contribution in [1.82, 2.24) is 28.2 Å². The first-order chi connectivity index (χ1) is 50.4. The quantitative estimate of drug-likeness (QED) is 0.134. The van der Waals surface area contributed by atoms with Crippen molar-refractivity contribution in [3.05, 3.63) is 338 Å². The van der Waals surface area contributed by atoms with Crippen molar-refractivity contribution in [2.24, 2.45) is 0 Å². The summed E-state index contributed by atoms with van der Waals surface area (Å²) in [6, 6.07) is 117. The van der Waals surface area contributed by atoms with Crippen molar-refractivity contribution >= 4 is 87.2 Å². The summed E-state index contributed by atoms with van der Waals surface area (Å²) in [7, 11) is 0. The van der Waals surface area contributed by atoms with Crippen molar-refractivity contribution in [3.8, 4) is 114 Å². The Morgan fingerprint density at radius 1 is 0.255 bits per heavy atom. The first-order valence-corrected chi connectivity index (χ1v) is 33.7. The number of hydrogen-bond donors (Lipinski definition) is 0. The molecule has 0 saturated heterocycles. The molecule has 0 amide bonds. The minimum Gasteiger partial charge on any atom is -0.309 e. The van der Waals surface area contributed by atoms with Gasteiger partial charge in [-0.3, -0.25) is 9.55 Å². The summed E-state index contributed by atoms with van der Waals surface area (Å²) in [5.41, 5.74) is 23.5. The molecule has 13 aromatic carbocycles. The molecule has 0 aliphatic carbocycles. The molecule has 0 aliphatic rings. The molecule has 10 heteroatoms. The van der Waals surface area contributed by atoms with Crippen LogP contribution in [0.15, 0.2) is 316 Å². The number of aromatic nitrogens is 6. The standard InChI is InChI=1S/C92H52N10/c93-53-57-26-40-82-73(47-57)74-48-58(54-94)27-41-83(74)99(82)67-36-30-63(31-37-67)88-89(72-22-8-7-19-69(72)79-23-13-14-46-97-79)91(101-80-24-11-9-20-70(80)77-51-65(34-44-86(77)101)61-15-3-1-4-16-61)92(102-81-25-12-10-21-71(81)78-52-66(35-45-87(78)102)62-17-5-2-6-18-62)98-90(88)64-32-38-68(39-33-64)100-84-42-28-59(55-95)49-75(84)76-50-60(56-96)29-43-85(76)100/h1-52H. The molecule has 0 saturated carbocycles. The zero-order chi connectivity index (χ0) is 68.1. The van der Waals surface area contributed by atoms with Crippen LogP contribution in [0.25, 0.3) is 177 Å². The molecule has 0 aliphatic heterocycles. The second kappa shape index (κ2) is 23.6. The highest BCUT2D eigenvalue weighted by molar-refractivity contribution is 6.16. The SMILES string of the molecule is N#Cc1ccc2c(c1)c1cc(C#N)ccc1n2-c1ccc(-c2nc(-n3c4ccccc4c4cc(-c5ccccc5)ccc43)c(-n3c4ccccc4c4cc(-c5ccccc5)ccc43)c(-c3ccccc3-c3ccccn3)c2-c2ccc(-n3c4ccc(C#N)cc4c4cc(C#N)ccc43)cc2)cc1. The lowest BCUT2D eigenvalue weighted by atomic mass is 9.86. The topological polar surface area (TPSA) is 141 Å². The van der Waals surface area contributed by atoms with E-state index in [2.05, 4.69) is 267 Å². The lowest BCUT2D eigenvalue weighted by molar-refractivity contribution is 1.03. The van der Waals surface area contributed by atoms with Gasteiger partial charge < -0.3 is 13.7 Å². The summed E-state index contributed by atoms with van der Waals surface area (Å²) >= 11 is 0. The van der Waals surface area contributed by atoms with Crippen LogP contribution in [0.1, 0.15) is 22.3 Å². The van der Waals surface area contributed by atoms with E-state index >= 15 is 0 Å². The minimum absolute atomic E-state index is 0.529. The Balaban J connectivity index is 0.978. The van der Waals surface area contributed by atoms with Crippen LogP contribution in [0.4, 0.5) is 0 Å². The summed E-state index contributed by atoms with van der Waals surface area (Å²) in [5.74, 6) is 0.691. The molecular formula is C92H52N10. The van der Waals surface area contributed by atoms with E-state index in [1.165, 1.54) is 0 Å². The number of rotatable bonds is 10. The molecule has 6 heterocycles. The number of nitriles is 4. The number of nitrogens with zero attached hydrogens (tertiary/aromatic N) is 10.